The Morgan fingerprint density at radius 1 is 0.960 bits per heavy atom. The van der Waals surface area contributed by atoms with Gasteiger partial charge in [0.1, 0.15) is 18.1 Å². The minimum Gasteiger partial charge on any atom is -0.418 e. The van der Waals surface area contributed by atoms with Gasteiger partial charge >= 0.3 is 7.25 Å². The summed E-state index contributed by atoms with van der Waals surface area (Å²) in [6, 6.07) is 4.52. The molecule has 0 fully saturated rings. The molecule has 0 amide bonds. The number of hydrogen-bond acceptors (Lipinski definition) is 0. The second-order valence-electron chi connectivity index (χ2n) is 6.36. The molecule has 2 nitrogen and oxygen atoms in total. The van der Waals surface area contributed by atoms with E-state index in [2.05, 4.69) is 67.7 Å². The third-order valence-corrected chi connectivity index (χ3v) is 3.85. The fraction of sp³-hybridized carbons (Fsp3) is 0.500. The number of hydrogen-bond donors (Lipinski definition) is 0. The van der Waals surface area contributed by atoms with Crippen LogP contribution >= 0.6 is 0 Å². The number of aryl methyl sites for hydroxylation is 4. The highest BCUT2D eigenvalue weighted by molar-refractivity contribution is 6.50. The first-order chi connectivity index (χ1) is 11.6. The van der Waals surface area contributed by atoms with Crippen LogP contribution in [-0.2, 0) is 6.54 Å². The summed E-state index contributed by atoms with van der Waals surface area (Å²) in [5, 5.41) is 0. The SMILES string of the molecule is CCCCCC[n+]1ccn(-c2c(C)cc(C)cc2C)c1.F[B-](F)(F)F. The molecule has 0 saturated carbocycles. The number of unbranched alkanes of at least 4 members (excludes halogenated alkanes) is 3. The van der Waals surface area contributed by atoms with Crippen LogP contribution in [0.2, 0.25) is 0 Å². The van der Waals surface area contributed by atoms with Gasteiger partial charge in [-0.3, -0.25) is 0 Å². The third-order valence-electron chi connectivity index (χ3n) is 3.85. The molecular formula is C18H27BF4N2. The fourth-order valence-corrected chi connectivity index (χ4v) is 2.96. The van der Waals surface area contributed by atoms with Gasteiger partial charge < -0.3 is 17.3 Å². The molecule has 0 bridgehead atoms. The van der Waals surface area contributed by atoms with E-state index in [0.717, 1.165) is 6.54 Å². The maximum absolute atomic E-state index is 9.75. The van der Waals surface area contributed by atoms with E-state index in [0.29, 0.717) is 0 Å². The molecule has 1 aromatic heterocycles. The van der Waals surface area contributed by atoms with Gasteiger partial charge in [0.25, 0.3) is 0 Å². The van der Waals surface area contributed by atoms with Gasteiger partial charge in [0.05, 0.1) is 6.54 Å². The Bertz CT molecular complexity index is 636. The smallest absolute Gasteiger partial charge is 0.418 e. The summed E-state index contributed by atoms with van der Waals surface area (Å²) < 4.78 is 43.6. The molecule has 0 aliphatic rings. The van der Waals surface area contributed by atoms with Crippen LogP contribution in [0.1, 0.15) is 49.3 Å². The van der Waals surface area contributed by atoms with Gasteiger partial charge in [0, 0.05) is 0 Å². The van der Waals surface area contributed by atoms with Crippen LogP contribution in [0, 0.1) is 20.8 Å². The minimum absolute atomic E-state index is 1.12. The van der Waals surface area contributed by atoms with E-state index in [4.69, 9.17) is 0 Å². The summed E-state index contributed by atoms with van der Waals surface area (Å²) in [5.41, 5.74) is 5.35. The Kier molecular flexibility index (Phi) is 8.19. The van der Waals surface area contributed by atoms with E-state index >= 15 is 0 Å². The number of benzene rings is 1. The number of nitrogens with zero attached hydrogens (tertiary/aromatic N) is 2. The Hall–Kier alpha value is -1.79. The van der Waals surface area contributed by atoms with Crippen molar-refractivity contribution in [2.45, 2.75) is 59.9 Å². The Balaban J connectivity index is 0.000000550. The molecule has 0 saturated heterocycles. The largest absolute Gasteiger partial charge is 0.673 e. The van der Waals surface area contributed by atoms with Crippen molar-refractivity contribution in [3.8, 4) is 5.69 Å². The zero-order valence-electron chi connectivity index (χ0n) is 15.4. The maximum atomic E-state index is 9.75. The molecule has 0 aliphatic heterocycles. The highest BCUT2D eigenvalue weighted by Gasteiger charge is 2.20. The molecule has 0 radical (unpaired) electrons. The Labute approximate surface area is 147 Å². The molecule has 7 heteroatoms. The summed E-state index contributed by atoms with van der Waals surface area (Å²) >= 11 is 0. The van der Waals surface area contributed by atoms with E-state index in [9.17, 15) is 17.3 Å². The molecule has 1 aromatic carbocycles. The van der Waals surface area contributed by atoms with E-state index in [1.807, 2.05) is 0 Å². The molecule has 25 heavy (non-hydrogen) atoms. The monoisotopic (exact) mass is 358 g/mol. The average molecular weight is 358 g/mol. The van der Waals surface area contributed by atoms with E-state index < -0.39 is 7.25 Å². The lowest BCUT2D eigenvalue weighted by atomic mass is 10.1. The van der Waals surface area contributed by atoms with Gasteiger partial charge in [0.2, 0.25) is 6.33 Å². The Morgan fingerprint density at radius 3 is 2.04 bits per heavy atom. The normalized spacial score (nSPS) is 11.2. The van der Waals surface area contributed by atoms with Crippen LogP contribution in [0.4, 0.5) is 17.3 Å². The molecule has 140 valence electrons. The van der Waals surface area contributed by atoms with Gasteiger partial charge in [-0.15, -0.1) is 0 Å². The first-order valence-corrected chi connectivity index (χ1v) is 8.64. The molecule has 2 rings (SSSR count). The van der Waals surface area contributed by atoms with Crippen LogP contribution in [0.3, 0.4) is 0 Å². The highest BCUT2D eigenvalue weighted by atomic mass is 19.5. The van der Waals surface area contributed by atoms with Crippen LogP contribution in [0.15, 0.2) is 30.9 Å². The van der Waals surface area contributed by atoms with Crippen molar-refractivity contribution < 1.29 is 21.8 Å². The predicted octanol–water partition coefficient (Wildman–Crippen LogP) is 5.57. The molecule has 0 N–H and O–H groups in total. The lowest BCUT2D eigenvalue weighted by molar-refractivity contribution is -0.696. The topological polar surface area (TPSA) is 8.81 Å². The van der Waals surface area contributed by atoms with Crippen molar-refractivity contribution in [1.82, 2.24) is 4.57 Å². The van der Waals surface area contributed by atoms with Crippen molar-refractivity contribution in [3.05, 3.63) is 47.5 Å². The van der Waals surface area contributed by atoms with Gasteiger partial charge in [0.15, 0.2) is 0 Å². The van der Waals surface area contributed by atoms with Crippen molar-refractivity contribution in [1.29, 1.82) is 0 Å². The van der Waals surface area contributed by atoms with Crippen molar-refractivity contribution in [2.75, 3.05) is 0 Å². The summed E-state index contributed by atoms with van der Waals surface area (Å²) in [6.07, 6.45) is 11.8. The molecule has 0 spiro atoms. The fourth-order valence-electron chi connectivity index (χ4n) is 2.96. The van der Waals surface area contributed by atoms with Crippen molar-refractivity contribution in [2.24, 2.45) is 0 Å². The lowest BCUT2D eigenvalue weighted by Crippen LogP contribution is -2.30. The second-order valence-corrected chi connectivity index (χ2v) is 6.36. The first-order valence-electron chi connectivity index (χ1n) is 8.64. The molecule has 0 atom stereocenters. The summed E-state index contributed by atoms with van der Waals surface area (Å²) in [4.78, 5) is 0. The van der Waals surface area contributed by atoms with Crippen molar-refractivity contribution >= 4 is 7.25 Å². The summed E-state index contributed by atoms with van der Waals surface area (Å²) in [7, 11) is -6.00. The zero-order chi connectivity index (χ0) is 19.0. The highest BCUT2D eigenvalue weighted by Crippen LogP contribution is 2.20. The Morgan fingerprint density at radius 2 is 1.52 bits per heavy atom. The number of rotatable bonds is 6. The van der Waals surface area contributed by atoms with Crippen LogP contribution in [-0.4, -0.2) is 11.8 Å². The van der Waals surface area contributed by atoms with E-state index in [1.54, 1.807) is 0 Å². The number of halogens is 4. The maximum Gasteiger partial charge on any atom is 0.673 e. The molecular weight excluding hydrogens is 331 g/mol. The minimum atomic E-state index is -6.00. The van der Waals surface area contributed by atoms with Crippen LogP contribution in [0.5, 0.6) is 0 Å². The average Bonchev–Trinajstić information content (AvgIpc) is 2.89. The number of imidazole rings is 1. The summed E-state index contributed by atoms with van der Waals surface area (Å²) in [5.74, 6) is 0. The predicted molar refractivity (Wildman–Crippen MR) is 94.5 cm³/mol. The van der Waals surface area contributed by atoms with Crippen LogP contribution < -0.4 is 4.57 Å². The van der Waals surface area contributed by atoms with Crippen LogP contribution in [0.25, 0.3) is 5.69 Å². The van der Waals surface area contributed by atoms with Gasteiger partial charge in [-0.1, -0.05) is 37.5 Å². The lowest BCUT2D eigenvalue weighted by Gasteiger charge is -2.07. The van der Waals surface area contributed by atoms with E-state index in [-0.39, 0.29) is 0 Å². The quantitative estimate of drug-likeness (QED) is 0.276. The second kappa shape index (κ2) is 9.63. The van der Waals surface area contributed by atoms with Gasteiger partial charge in [-0.25, -0.2) is 9.13 Å². The zero-order valence-corrected chi connectivity index (χ0v) is 15.4. The van der Waals surface area contributed by atoms with E-state index in [1.165, 1.54) is 48.1 Å². The molecule has 0 unspecified atom stereocenters. The summed E-state index contributed by atoms with van der Waals surface area (Å²) in [6.45, 7) is 9.93. The molecule has 2 aromatic rings. The first kappa shape index (κ1) is 21.3. The van der Waals surface area contributed by atoms with Gasteiger partial charge in [-0.05, 0) is 44.7 Å². The molecule has 0 aliphatic carbocycles. The van der Waals surface area contributed by atoms with Gasteiger partial charge in [-0.2, -0.15) is 0 Å². The number of aromatic nitrogens is 2. The standard InChI is InChI=1S/C18H27N2.BF4/c1-5-6-7-8-9-19-10-11-20(14-19)18-16(3)12-15(2)13-17(18)4;2-1(3,4)5/h10-14H,5-9H2,1-4H3;/q+1;-1. The third kappa shape index (κ3) is 8.23. The van der Waals surface area contributed by atoms with Crippen molar-refractivity contribution in [3.63, 3.8) is 0 Å². The molecule has 1 heterocycles.